The van der Waals surface area contributed by atoms with Crippen molar-refractivity contribution in [2.24, 2.45) is 0 Å². The maximum absolute atomic E-state index is 11.9. The minimum absolute atomic E-state index is 0.258. The average molecular weight is 321 g/mol. The van der Waals surface area contributed by atoms with Crippen molar-refractivity contribution in [1.82, 2.24) is 0 Å². The highest BCUT2D eigenvalue weighted by Crippen LogP contribution is 2.28. The third kappa shape index (κ3) is 5.31. The maximum Gasteiger partial charge on any atom is 0.340 e. The second kappa shape index (κ2) is 7.69. The van der Waals surface area contributed by atoms with E-state index in [1.165, 1.54) is 6.92 Å². The molecule has 0 radical (unpaired) electrons. The molecule has 0 aromatic rings. The van der Waals surface area contributed by atoms with Crippen molar-refractivity contribution < 1.29 is 19.4 Å². The molecule has 0 aromatic carbocycles. The number of carbonyl (C=O) groups is 2. The summed E-state index contributed by atoms with van der Waals surface area (Å²) in [5.74, 6) is -1.03. The first-order valence-electron chi connectivity index (χ1n) is 5.92. The Morgan fingerprint density at radius 3 is 2.44 bits per heavy atom. The van der Waals surface area contributed by atoms with Gasteiger partial charge < -0.3 is 9.84 Å². The lowest BCUT2D eigenvalue weighted by Crippen LogP contribution is -2.50. The van der Waals surface area contributed by atoms with E-state index < -0.39 is 16.4 Å². The van der Waals surface area contributed by atoms with Gasteiger partial charge in [-0.25, -0.2) is 4.79 Å². The molecular formula is C13H21BrO4. The molecule has 0 aliphatic heterocycles. The predicted molar refractivity (Wildman–Crippen MR) is 73.6 cm³/mol. The van der Waals surface area contributed by atoms with E-state index in [9.17, 15) is 14.7 Å². The van der Waals surface area contributed by atoms with Crippen molar-refractivity contribution >= 4 is 27.7 Å². The zero-order valence-corrected chi connectivity index (χ0v) is 12.7. The summed E-state index contributed by atoms with van der Waals surface area (Å²) >= 11 is 3.27. The van der Waals surface area contributed by atoms with Gasteiger partial charge in [0.15, 0.2) is 5.60 Å². The highest BCUT2D eigenvalue weighted by Gasteiger charge is 2.45. The molecule has 0 aliphatic carbocycles. The number of Topliss-reactive ketones (excluding diaryl/α,β-unsaturated/α-hetero) is 1. The van der Waals surface area contributed by atoms with E-state index in [0.29, 0.717) is 12.8 Å². The van der Waals surface area contributed by atoms with Gasteiger partial charge in [-0.05, 0) is 33.6 Å². The van der Waals surface area contributed by atoms with Crippen LogP contribution in [-0.4, -0.2) is 33.4 Å². The van der Waals surface area contributed by atoms with E-state index >= 15 is 0 Å². The minimum atomic E-state index is -1.82. The molecule has 0 fully saturated rings. The largest absolute Gasteiger partial charge is 0.461 e. The number of carbonyl (C=O) groups excluding carboxylic acids is 2. The number of halogens is 1. The molecule has 0 saturated carbocycles. The molecule has 4 nitrogen and oxygen atoms in total. The molecule has 104 valence electrons. The molecule has 2 atom stereocenters. The summed E-state index contributed by atoms with van der Waals surface area (Å²) < 4.78 is 5.02. The first-order valence-corrected chi connectivity index (χ1v) is 6.83. The van der Waals surface area contributed by atoms with Gasteiger partial charge in [0.25, 0.3) is 0 Å². The summed E-state index contributed by atoms with van der Waals surface area (Å²) in [5, 5.41) is 10.4. The number of ether oxygens (including phenoxy) is 1. The Labute approximate surface area is 117 Å². The summed E-state index contributed by atoms with van der Waals surface area (Å²) in [4.78, 5) is 22.6. The molecule has 0 spiro atoms. The quantitative estimate of drug-likeness (QED) is 0.423. The van der Waals surface area contributed by atoms with Crippen LogP contribution in [0.25, 0.3) is 0 Å². The maximum atomic E-state index is 11.9. The summed E-state index contributed by atoms with van der Waals surface area (Å²) in [5.41, 5.74) is -1.82. The lowest BCUT2D eigenvalue weighted by molar-refractivity contribution is -0.171. The molecule has 0 aliphatic rings. The van der Waals surface area contributed by atoms with Crippen LogP contribution in [0.5, 0.6) is 0 Å². The fraction of sp³-hybridized carbons (Fsp3) is 0.692. The summed E-state index contributed by atoms with van der Waals surface area (Å²) in [7, 11) is 0. The summed E-state index contributed by atoms with van der Waals surface area (Å²) in [6.07, 6.45) is 2.23. The molecule has 0 amide bonds. The highest BCUT2D eigenvalue weighted by molar-refractivity contribution is 9.09. The molecule has 0 aromatic heterocycles. The SMILES string of the molecule is C=CCC[C@@H](Br)[C@@](O)(CC(C)=O)C(=O)OC(C)C. The zero-order valence-electron chi connectivity index (χ0n) is 11.1. The van der Waals surface area contributed by atoms with Crippen LogP contribution in [0.1, 0.15) is 40.0 Å². The minimum Gasteiger partial charge on any atom is -0.461 e. The van der Waals surface area contributed by atoms with Gasteiger partial charge in [0.2, 0.25) is 0 Å². The van der Waals surface area contributed by atoms with Crippen LogP contribution in [0.2, 0.25) is 0 Å². The van der Waals surface area contributed by atoms with Gasteiger partial charge in [0, 0.05) is 6.42 Å². The molecule has 0 heterocycles. The Bertz CT molecular complexity index is 314. The normalized spacial score (nSPS) is 15.9. The third-order valence-electron chi connectivity index (χ3n) is 2.36. The van der Waals surface area contributed by atoms with E-state index in [1.54, 1.807) is 19.9 Å². The van der Waals surface area contributed by atoms with E-state index in [2.05, 4.69) is 22.5 Å². The second-order valence-corrected chi connectivity index (χ2v) is 5.70. The van der Waals surface area contributed by atoms with Crippen LogP contribution in [0.4, 0.5) is 0 Å². The molecule has 5 heteroatoms. The van der Waals surface area contributed by atoms with Gasteiger partial charge in [-0.1, -0.05) is 22.0 Å². The molecule has 18 heavy (non-hydrogen) atoms. The van der Waals surface area contributed by atoms with Crippen LogP contribution >= 0.6 is 15.9 Å². The molecule has 0 unspecified atom stereocenters. The number of rotatable bonds is 8. The number of hydrogen-bond acceptors (Lipinski definition) is 4. The fourth-order valence-electron chi connectivity index (χ4n) is 1.51. The van der Waals surface area contributed by atoms with Gasteiger partial charge in [-0.3, -0.25) is 4.79 Å². The Hall–Kier alpha value is -0.680. The Morgan fingerprint density at radius 2 is 2.06 bits per heavy atom. The fourth-order valence-corrected chi connectivity index (χ4v) is 2.12. The van der Waals surface area contributed by atoms with Crippen molar-refractivity contribution in [3.63, 3.8) is 0 Å². The highest BCUT2D eigenvalue weighted by atomic mass is 79.9. The molecule has 0 rings (SSSR count). The number of allylic oxidation sites excluding steroid dienone is 1. The van der Waals surface area contributed by atoms with Crippen molar-refractivity contribution in [3.8, 4) is 0 Å². The predicted octanol–water partition coefficient (Wildman–Crippen LogP) is 2.38. The number of aliphatic hydroxyl groups is 1. The van der Waals surface area contributed by atoms with E-state index in [1.807, 2.05) is 0 Å². The van der Waals surface area contributed by atoms with Crippen LogP contribution in [0.15, 0.2) is 12.7 Å². The van der Waals surface area contributed by atoms with Gasteiger partial charge in [-0.15, -0.1) is 6.58 Å². The third-order valence-corrected chi connectivity index (χ3v) is 3.57. The standard InChI is InChI=1S/C13H21BrO4/c1-5-6-7-11(14)13(17,8-10(4)15)12(16)18-9(2)3/h5,9,11,17H,1,6-8H2,2-4H3/t11-,13+/m1/s1. The smallest absolute Gasteiger partial charge is 0.340 e. The Morgan fingerprint density at radius 1 is 1.50 bits per heavy atom. The van der Waals surface area contributed by atoms with Crippen molar-refractivity contribution in [1.29, 1.82) is 0 Å². The van der Waals surface area contributed by atoms with E-state index in [0.717, 1.165) is 0 Å². The van der Waals surface area contributed by atoms with Crippen LogP contribution in [0, 0.1) is 0 Å². The molecule has 1 N–H and O–H groups in total. The lowest BCUT2D eigenvalue weighted by atomic mass is 9.91. The first-order chi connectivity index (χ1) is 8.24. The topological polar surface area (TPSA) is 63.6 Å². The molecular weight excluding hydrogens is 300 g/mol. The van der Waals surface area contributed by atoms with Crippen LogP contribution < -0.4 is 0 Å². The van der Waals surface area contributed by atoms with Gasteiger partial charge in [0.1, 0.15) is 5.78 Å². The summed E-state index contributed by atoms with van der Waals surface area (Å²) in [6, 6.07) is 0. The zero-order chi connectivity index (χ0) is 14.3. The number of alkyl halides is 1. The Kier molecular flexibility index (Phi) is 7.40. The van der Waals surface area contributed by atoms with Crippen molar-refractivity contribution in [3.05, 3.63) is 12.7 Å². The number of esters is 1. The molecule has 0 bridgehead atoms. The van der Waals surface area contributed by atoms with Gasteiger partial charge in [0.05, 0.1) is 10.9 Å². The second-order valence-electron chi connectivity index (χ2n) is 4.59. The van der Waals surface area contributed by atoms with Crippen molar-refractivity contribution in [2.75, 3.05) is 0 Å². The summed E-state index contributed by atoms with van der Waals surface area (Å²) in [6.45, 7) is 8.30. The number of ketones is 1. The van der Waals surface area contributed by atoms with E-state index in [4.69, 9.17) is 4.74 Å². The lowest BCUT2D eigenvalue weighted by Gasteiger charge is -2.30. The monoisotopic (exact) mass is 320 g/mol. The average Bonchev–Trinajstić information content (AvgIpc) is 2.23. The molecule has 0 saturated heterocycles. The van der Waals surface area contributed by atoms with Crippen LogP contribution in [-0.2, 0) is 14.3 Å². The number of hydrogen-bond donors (Lipinski definition) is 1. The van der Waals surface area contributed by atoms with Crippen LogP contribution in [0.3, 0.4) is 0 Å². The van der Waals surface area contributed by atoms with Crippen molar-refractivity contribution in [2.45, 2.75) is 56.6 Å². The van der Waals surface area contributed by atoms with Gasteiger partial charge in [-0.2, -0.15) is 0 Å². The van der Waals surface area contributed by atoms with E-state index in [-0.39, 0.29) is 18.3 Å². The first kappa shape index (κ1) is 17.3. The van der Waals surface area contributed by atoms with Gasteiger partial charge >= 0.3 is 5.97 Å². The Balaban J connectivity index is 4.96.